The molecule has 2 heterocycles. The van der Waals surface area contributed by atoms with Gasteiger partial charge in [0.15, 0.2) is 15.2 Å². The molecule has 0 aliphatic rings. The maximum Gasteiger partial charge on any atom is 0.351 e. The number of carbonyl (C=O) groups is 1. The summed E-state index contributed by atoms with van der Waals surface area (Å²) in [5.74, 6) is 0.306. The van der Waals surface area contributed by atoms with E-state index >= 15 is 0 Å². The molecule has 0 saturated carbocycles. The Morgan fingerprint density at radius 2 is 2.16 bits per heavy atom. The van der Waals surface area contributed by atoms with Gasteiger partial charge in [0.25, 0.3) is 0 Å². The molecule has 1 atom stereocenters. The van der Waals surface area contributed by atoms with Gasteiger partial charge in [-0.2, -0.15) is 0 Å². The largest absolute Gasteiger partial charge is 0.465 e. The maximum atomic E-state index is 11.7. The Morgan fingerprint density at radius 1 is 1.40 bits per heavy atom. The standard InChI is InChI=1S/C17H17ClN4O2S/c1-3-11(21-17-22-14(18)13(25-17)16(23)24-2)15-19-9-12(20-15)10-7-5-4-6-8-10/h4-9,11H,3H2,1-2H3,(H,19,20)(H,21,22). The first-order valence-electron chi connectivity index (χ1n) is 7.73. The average molecular weight is 377 g/mol. The van der Waals surface area contributed by atoms with Gasteiger partial charge in [-0.05, 0) is 12.0 Å². The predicted molar refractivity (Wildman–Crippen MR) is 99.1 cm³/mol. The Balaban J connectivity index is 1.80. The first kappa shape index (κ1) is 17.4. The van der Waals surface area contributed by atoms with Gasteiger partial charge < -0.3 is 15.0 Å². The molecule has 2 aromatic heterocycles. The van der Waals surface area contributed by atoms with Crippen LogP contribution in [-0.4, -0.2) is 28.0 Å². The van der Waals surface area contributed by atoms with Gasteiger partial charge in [0.1, 0.15) is 5.82 Å². The number of H-pyrrole nitrogens is 1. The second-order valence-corrected chi connectivity index (χ2v) is 6.64. The SMILES string of the molecule is CCC(Nc1nc(Cl)c(C(=O)OC)s1)c1ncc(-c2ccccc2)[nH]1. The summed E-state index contributed by atoms with van der Waals surface area (Å²) < 4.78 is 4.70. The smallest absolute Gasteiger partial charge is 0.351 e. The molecular weight excluding hydrogens is 360 g/mol. The number of thiazole rings is 1. The molecule has 0 aliphatic heterocycles. The van der Waals surface area contributed by atoms with Crippen LogP contribution in [0, 0.1) is 0 Å². The van der Waals surface area contributed by atoms with Crippen molar-refractivity contribution in [2.45, 2.75) is 19.4 Å². The number of hydrogen-bond donors (Lipinski definition) is 2. The lowest BCUT2D eigenvalue weighted by Gasteiger charge is -2.13. The number of imidazole rings is 1. The van der Waals surface area contributed by atoms with E-state index in [4.69, 9.17) is 16.3 Å². The molecule has 0 fully saturated rings. The average Bonchev–Trinajstić information content (AvgIpc) is 3.26. The van der Waals surface area contributed by atoms with E-state index in [1.165, 1.54) is 7.11 Å². The minimum absolute atomic E-state index is 0.0785. The second-order valence-electron chi connectivity index (χ2n) is 5.28. The first-order valence-corrected chi connectivity index (χ1v) is 8.93. The molecule has 0 amide bonds. The van der Waals surface area contributed by atoms with Gasteiger partial charge in [0.05, 0.1) is 25.0 Å². The van der Waals surface area contributed by atoms with Crippen molar-refractivity contribution >= 4 is 34.0 Å². The van der Waals surface area contributed by atoms with Crippen LogP contribution in [0.2, 0.25) is 5.15 Å². The topological polar surface area (TPSA) is 79.9 Å². The molecule has 1 unspecified atom stereocenters. The van der Waals surface area contributed by atoms with Crippen molar-refractivity contribution in [1.82, 2.24) is 15.0 Å². The highest BCUT2D eigenvalue weighted by Gasteiger charge is 2.20. The molecule has 0 aliphatic carbocycles. The zero-order valence-corrected chi connectivity index (χ0v) is 15.3. The number of halogens is 1. The lowest BCUT2D eigenvalue weighted by molar-refractivity contribution is 0.0606. The van der Waals surface area contributed by atoms with E-state index in [9.17, 15) is 4.79 Å². The fraction of sp³-hybridized carbons (Fsp3) is 0.235. The summed E-state index contributed by atoms with van der Waals surface area (Å²) in [4.78, 5) is 23.9. The van der Waals surface area contributed by atoms with Crippen molar-refractivity contribution in [1.29, 1.82) is 0 Å². The van der Waals surface area contributed by atoms with Crippen molar-refractivity contribution in [3.63, 3.8) is 0 Å². The summed E-state index contributed by atoms with van der Waals surface area (Å²) in [6.45, 7) is 2.04. The number of benzene rings is 1. The quantitative estimate of drug-likeness (QED) is 0.617. The molecule has 2 N–H and O–H groups in total. The Hall–Kier alpha value is -2.38. The molecule has 25 heavy (non-hydrogen) atoms. The number of aromatic nitrogens is 3. The summed E-state index contributed by atoms with van der Waals surface area (Å²) in [5, 5.41) is 3.96. The number of anilines is 1. The van der Waals surface area contributed by atoms with Crippen molar-refractivity contribution in [3.8, 4) is 11.3 Å². The highest BCUT2D eigenvalue weighted by Crippen LogP contribution is 2.31. The van der Waals surface area contributed by atoms with E-state index in [1.54, 1.807) is 0 Å². The van der Waals surface area contributed by atoms with E-state index < -0.39 is 5.97 Å². The Morgan fingerprint density at radius 3 is 2.84 bits per heavy atom. The summed E-state index contributed by atoms with van der Waals surface area (Å²) in [5.41, 5.74) is 2.02. The molecule has 0 saturated heterocycles. The third-order valence-corrected chi connectivity index (χ3v) is 5.03. The van der Waals surface area contributed by atoms with E-state index in [1.807, 2.05) is 43.5 Å². The van der Waals surface area contributed by atoms with Gasteiger partial charge in [0, 0.05) is 0 Å². The lowest BCUT2D eigenvalue weighted by atomic mass is 10.2. The highest BCUT2D eigenvalue weighted by molar-refractivity contribution is 7.18. The lowest BCUT2D eigenvalue weighted by Crippen LogP contribution is -2.11. The minimum atomic E-state index is -0.493. The predicted octanol–water partition coefficient (Wildman–Crippen LogP) is 4.54. The van der Waals surface area contributed by atoms with Crippen molar-refractivity contribution < 1.29 is 9.53 Å². The van der Waals surface area contributed by atoms with Crippen LogP contribution in [0.5, 0.6) is 0 Å². The van der Waals surface area contributed by atoms with Crippen LogP contribution in [0.3, 0.4) is 0 Å². The van der Waals surface area contributed by atoms with Crippen molar-refractivity contribution in [2.75, 3.05) is 12.4 Å². The van der Waals surface area contributed by atoms with Crippen LogP contribution in [-0.2, 0) is 4.74 Å². The van der Waals surface area contributed by atoms with Gasteiger partial charge in [-0.3, -0.25) is 0 Å². The molecule has 0 spiro atoms. The molecule has 1 aromatic carbocycles. The van der Waals surface area contributed by atoms with Crippen LogP contribution in [0.1, 0.15) is 34.9 Å². The van der Waals surface area contributed by atoms with Gasteiger partial charge in [-0.15, -0.1) is 0 Å². The van der Waals surface area contributed by atoms with Crippen molar-refractivity contribution in [2.24, 2.45) is 0 Å². The number of ether oxygens (including phenoxy) is 1. The fourth-order valence-corrected chi connectivity index (χ4v) is 3.53. The number of aromatic amines is 1. The number of rotatable bonds is 6. The van der Waals surface area contributed by atoms with Crippen LogP contribution in [0.15, 0.2) is 36.5 Å². The number of nitrogens with one attached hydrogen (secondary N) is 2. The Kier molecular flexibility index (Phi) is 5.35. The fourth-order valence-electron chi connectivity index (χ4n) is 2.37. The minimum Gasteiger partial charge on any atom is -0.465 e. The monoisotopic (exact) mass is 376 g/mol. The van der Waals surface area contributed by atoms with Crippen molar-refractivity contribution in [3.05, 3.63) is 52.4 Å². The van der Waals surface area contributed by atoms with Crippen LogP contribution >= 0.6 is 22.9 Å². The Bertz CT molecular complexity index is 863. The molecule has 0 bridgehead atoms. The molecule has 0 radical (unpaired) electrons. The molecule has 130 valence electrons. The first-order chi connectivity index (χ1) is 12.1. The van der Waals surface area contributed by atoms with Gasteiger partial charge >= 0.3 is 5.97 Å². The van der Waals surface area contributed by atoms with E-state index in [-0.39, 0.29) is 16.1 Å². The summed E-state index contributed by atoms with van der Waals surface area (Å²) in [6.07, 6.45) is 2.59. The molecular formula is C17H17ClN4O2S. The third kappa shape index (κ3) is 3.83. The van der Waals surface area contributed by atoms with Crippen LogP contribution in [0.4, 0.5) is 5.13 Å². The zero-order valence-electron chi connectivity index (χ0n) is 13.7. The van der Waals surface area contributed by atoms with Crippen LogP contribution in [0.25, 0.3) is 11.3 Å². The summed E-state index contributed by atoms with van der Waals surface area (Å²) in [6, 6.07) is 9.91. The molecule has 3 aromatic rings. The number of methoxy groups -OCH3 is 1. The van der Waals surface area contributed by atoms with E-state index in [2.05, 4.69) is 20.3 Å². The zero-order chi connectivity index (χ0) is 17.8. The van der Waals surface area contributed by atoms with E-state index in [0.29, 0.717) is 5.13 Å². The number of hydrogen-bond acceptors (Lipinski definition) is 6. The van der Waals surface area contributed by atoms with Gasteiger partial charge in [-0.25, -0.2) is 14.8 Å². The normalized spacial score (nSPS) is 12.0. The molecule has 6 nitrogen and oxygen atoms in total. The van der Waals surface area contributed by atoms with Crippen LogP contribution < -0.4 is 5.32 Å². The highest BCUT2D eigenvalue weighted by atomic mass is 35.5. The van der Waals surface area contributed by atoms with Gasteiger partial charge in [0.2, 0.25) is 0 Å². The number of carbonyl (C=O) groups excluding carboxylic acids is 1. The Labute approximate surface area is 154 Å². The molecule has 8 heteroatoms. The third-order valence-electron chi connectivity index (χ3n) is 3.67. The second kappa shape index (κ2) is 7.67. The maximum absolute atomic E-state index is 11.7. The van der Waals surface area contributed by atoms with Gasteiger partial charge in [-0.1, -0.05) is 60.2 Å². The number of nitrogens with zero attached hydrogens (tertiary/aromatic N) is 2. The molecule has 3 rings (SSSR count). The summed E-state index contributed by atoms with van der Waals surface area (Å²) >= 11 is 7.17. The number of esters is 1. The van der Waals surface area contributed by atoms with E-state index in [0.717, 1.165) is 34.8 Å². The summed E-state index contributed by atoms with van der Waals surface area (Å²) in [7, 11) is 1.31.